The molecule has 0 aliphatic carbocycles. The van der Waals surface area contributed by atoms with E-state index in [1.165, 1.54) is 0 Å². The summed E-state index contributed by atoms with van der Waals surface area (Å²) in [5.41, 5.74) is 7.36. The third-order valence-electron chi connectivity index (χ3n) is 2.84. The van der Waals surface area contributed by atoms with E-state index < -0.39 is 0 Å². The second-order valence-electron chi connectivity index (χ2n) is 4.17. The molecule has 0 aliphatic rings. The zero-order valence-corrected chi connectivity index (χ0v) is 12.6. The van der Waals surface area contributed by atoms with Gasteiger partial charge in [0.2, 0.25) is 0 Å². The number of ether oxygens (including phenoxy) is 1. The Kier molecular flexibility index (Phi) is 5.62. The van der Waals surface area contributed by atoms with Crippen molar-refractivity contribution in [3.05, 3.63) is 28.2 Å². The molecular weight excluding hydrogens is 294 g/mol. The van der Waals surface area contributed by atoms with Gasteiger partial charge in [0.05, 0.1) is 6.61 Å². The standard InChI is InChI=1S/C13H20BrN3O/c1-4-17(9(2)8-18-3)12-7-10(14)5-6-11(12)13(15)16/h5-7,9H,4,8H2,1-3H3,(H3,15,16). The molecule has 3 N–H and O–H groups in total. The van der Waals surface area contributed by atoms with Gasteiger partial charge in [0.15, 0.2) is 0 Å². The third kappa shape index (κ3) is 3.46. The van der Waals surface area contributed by atoms with Crippen molar-refractivity contribution in [2.45, 2.75) is 19.9 Å². The highest BCUT2D eigenvalue weighted by molar-refractivity contribution is 9.10. The fourth-order valence-corrected chi connectivity index (χ4v) is 2.37. The van der Waals surface area contributed by atoms with Gasteiger partial charge >= 0.3 is 0 Å². The number of nitrogens with one attached hydrogen (secondary N) is 1. The summed E-state index contributed by atoms with van der Waals surface area (Å²) in [5.74, 6) is 0.0839. The number of amidine groups is 1. The Morgan fingerprint density at radius 1 is 1.56 bits per heavy atom. The molecule has 0 aromatic heterocycles. The van der Waals surface area contributed by atoms with Crippen molar-refractivity contribution in [1.82, 2.24) is 0 Å². The van der Waals surface area contributed by atoms with Crippen LogP contribution in [-0.4, -0.2) is 32.1 Å². The van der Waals surface area contributed by atoms with Crippen molar-refractivity contribution in [3.63, 3.8) is 0 Å². The van der Waals surface area contributed by atoms with Crippen molar-refractivity contribution in [2.75, 3.05) is 25.2 Å². The Bertz CT molecular complexity index is 423. The van der Waals surface area contributed by atoms with Crippen LogP contribution in [0.3, 0.4) is 0 Å². The number of methoxy groups -OCH3 is 1. The minimum Gasteiger partial charge on any atom is -0.384 e. The van der Waals surface area contributed by atoms with Gasteiger partial charge in [-0.05, 0) is 32.0 Å². The minimum absolute atomic E-state index is 0.0839. The monoisotopic (exact) mass is 313 g/mol. The smallest absolute Gasteiger partial charge is 0.124 e. The van der Waals surface area contributed by atoms with Crippen molar-refractivity contribution >= 4 is 27.5 Å². The average molecular weight is 314 g/mol. The normalized spacial score (nSPS) is 12.2. The maximum absolute atomic E-state index is 7.66. The first-order valence-corrected chi connectivity index (χ1v) is 6.70. The zero-order chi connectivity index (χ0) is 13.7. The molecule has 1 rings (SSSR count). The molecule has 1 aromatic rings. The van der Waals surface area contributed by atoms with E-state index in [4.69, 9.17) is 15.9 Å². The number of nitrogens with two attached hydrogens (primary N) is 1. The number of rotatable bonds is 6. The molecule has 0 amide bonds. The molecule has 18 heavy (non-hydrogen) atoms. The van der Waals surface area contributed by atoms with Crippen LogP contribution >= 0.6 is 15.9 Å². The van der Waals surface area contributed by atoms with Crippen LogP contribution in [0.5, 0.6) is 0 Å². The van der Waals surface area contributed by atoms with Crippen LogP contribution in [0.4, 0.5) is 5.69 Å². The van der Waals surface area contributed by atoms with Crippen LogP contribution in [0.25, 0.3) is 0 Å². The van der Waals surface area contributed by atoms with E-state index >= 15 is 0 Å². The number of halogens is 1. The van der Waals surface area contributed by atoms with Gasteiger partial charge in [-0.15, -0.1) is 0 Å². The lowest BCUT2D eigenvalue weighted by Gasteiger charge is -2.31. The fourth-order valence-electron chi connectivity index (χ4n) is 2.02. The maximum Gasteiger partial charge on any atom is 0.124 e. The molecule has 1 atom stereocenters. The first kappa shape index (κ1) is 15.0. The van der Waals surface area contributed by atoms with Crippen molar-refractivity contribution in [3.8, 4) is 0 Å². The number of hydrogen-bond donors (Lipinski definition) is 2. The molecule has 4 nitrogen and oxygen atoms in total. The van der Waals surface area contributed by atoms with Gasteiger partial charge in [-0.25, -0.2) is 0 Å². The van der Waals surface area contributed by atoms with Crippen molar-refractivity contribution in [2.24, 2.45) is 5.73 Å². The van der Waals surface area contributed by atoms with Gasteiger partial charge < -0.3 is 15.4 Å². The first-order chi connectivity index (χ1) is 8.51. The van der Waals surface area contributed by atoms with Gasteiger partial charge in [0, 0.05) is 35.4 Å². The largest absolute Gasteiger partial charge is 0.384 e. The second kappa shape index (κ2) is 6.75. The molecule has 1 aromatic carbocycles. The summed E-state index contributed by atoms with van der Waals surface area (Å²) in [7, 11) is 1.69. The summed E-state index contributed by atoms with van der Waals surface area (Å²) < 4.78 is 6.18. The average Bonchev–Trinajstić information content (AvgIpc) is 2.30. The second-order valence-corrected chi connectivity index (χ2v) is 5.08. The maximum atomic E-state index is 7.66. The van der Waals surface area contributed by atoms with E-state index in [1.807, 2.05) is 18.2 Å². The molecule has 0 aliphatic heterocycles. The summed E-state index contributed by atoms with van der Waals surface area (Å²) in [6, 6.07) is 5.98. The Labute approximate surface area is 117 Å². The number of hydrogen-bond acceptors (Lipinski definition) is 3. The Morgan fingerprint density at radius 2 is 2.22 bits per heavy atom. The summed E-state index contributed by atoms with van der Waals surface area (Å²) in [4.78, 5) is 2.19. The summed E-state index contributed by atoms with van der Waals surface area (Å²) >= 11 is 3.46. The quantitative estimate of drug-likeness (QED) is 0.627. The number of likely N-dealkylation sites (N-methyl/N-ethyl adjacent to an activating group) is 1. The van der Waals surface area contributed by atoms with Crippen LogP contribution in [0.15, 0.2) is 22.7 Å². The van der Waals surface area contributed by atoms with Gasteiger partial charge in [-0.1, -0.05) is 15.9 Å². The number of nitrogens with zero attached hydrogens (tertiary/aromatic N) is 1. The van der Waals surface area contributed by atoms with Crippen LogP contribution < -0.4 is 10.6 Å². The highest BCUT2D eigenvalue weighted by Gasteiger charge is 2.17. The van der Waals surface area contributed by atoms with E-state index in [1.54, 1.807) is 7.11 Å². The molecule has 0 heterocycles. The number of anilines is 1. The highest BCUT2D eigenvalue weighted by atomic mass is 79.9. The van der Waals surface area contributed by atoms with E-state index in [-0.39, 0.29) is 11.9 Å². The van der Waals surface area contributed by atoms with E-state index in [0.29, 0.717) is 6.61 Å². The van der Waals surface area contributed by atoms with Crippen LogP contribution in [0.2, 0.25) is 0 Å². The van der Waals surface area contributed by atoms with E-state index in [0.717, 1.165) is 22.3 Å². The predicted molar refractivity (Wildman–Crippen MR) is 79.5 cm³/mol. The van der Waals surface area contributed by atoms with Gasteiger partial charge in [-0.3, -0.25) is 5.41 Å². The Hall–Kier alpha value is -1.07. The molecule has 100 valence electrons. The fraction of sp³-hybridized carbons (Fsp3) is 0.462. The van der Waals surface area contributed by atoms with Gasteiger partial charge in [0.25, 0.3) is 0 Å². The molecule has 0 saturated heterocycles. The summed E-state index contributed by atoms with van der Waals surface area (Å²) in [6.07, 6.45) is 0. The Morgan fingerprint density at radius 3 is 2.72 bits per heavy atom. The lowest BCUT2D eigenvalue weighted by Crippen LogP contribution is -2.37. The lowest BCUT2D eigenvalue weighted by molar-refractivity contribution is 0.182. The van der Waals surface area contributed by atoms with Crippen LogP contribution in [0.1, 0.15) is 19.4 Å². The molecule has 5 heteroatoms. The SMILES string of the molecule is CCN(c1cc(Br)ccc1C(=N)N)C(C)COC. The topological polar surface area (TPSA) is 62.3 Å². The highest BCUT2D eigenvalue weighted by Crippen LogP contribution is 2.26. The molecule has 1 unspecified atom stereocenters. The van der Waals surface area contributed by atoms with E-state index in [9.17, 15) is 0 Å². The molecule has 0 bridgehead atoms. The lowest BCUT2D eigenvalue weighted by atomic mass is 10.1. The van der Waals surface area contributed by atoms with E-state index in [2.05, 4.69) is 34.7 Å². The molecule has 0 radical (unpaired) electrons. The summed E-state index contributed by atoms with van der Waals surface area (Å²) in [6.45, 7) is 5.65. The molecular formula is C13H20BrN3O. The van der Waals surface area contributed by atoms with Gasteiger partial charge in [-0.2, -0.15) is 0 Å². The minimum atomic E-state index is 0.0839. The number of benzene rings is 1. The molecule has 0 saturated carbocycles. The third-order valence-corrected chi connectivity index (χ3v) is 3.33. The summed E-state index contributed by atoms with van der Waals surface area (Å²) in [5, 5.41) is 7.66. The number of nitrogen functional groups attached to an aromatic ring is 1. The predicted octanol–water partition coefficient (Wildman–Crippen LogP) is 2.59. The zero-order valence-electron chi connectivity index (χ0n) is 11.0. The Balaban J connectivity index is 3.18. The van der Waals surface area contributed by atoms with Crippen LogP contribution in [0, 0.1) is 5.41 Å². The molecule has 0 fully saturated rings. The van der Waals surface area contributed by atoms with Gasteiger partial charge in [0.1, 0.15) is 5.84 Å². The molecule has 0 spiro atoms. The van der Waals surface area contributed by atoms with Crippen molar-refractivity contribution < 1.29 is 4.74 Å². The first-order valence-electron chi connectivity index (χ1n) is 5.90. The van der Waals surface area contributed by atoms with Crippen LogP contribution in [-0.2, 0) is 4.74 Å². The van der Waals surface area contributed by atoms with Crippen molar-refractivity contribution in [1.29, 1.82) is 5.41 Å².